The van der Waals surface area contributed by atoms with Crippen molar-refractivity contribution in [2.24, 2.45) is 7.05 Å². The fourth-order valence-corrected chi connectivity index (χ4v) is 4.12. The first-order chi connectivity index (χ1) is 15.7. The quantitative estimate of drug-likeness (QED) is 0.467. The molecule has 0 spiro atoms. The fraction of sp³-hybridized carbons (Fsp3) is 0.280. The van der Waals surface area contributed by atoms with E-state index in [1.165, 1.54) is 5.56 Å². The Balaban J connectivity index is 1.16. The molecule has 4 aromatic rings. The van der Waals surface area contributed by atoms with Crippen molar-refractivity contribution in [2.75, 3.05) is 26.2 Å². The van der Waals surface area contributed by atoms with E-state index in [2.05, 4.69) is 22.1 Å². The average Bonchev–Trinajstić information content (AvgIpc) is 3.46. The molecule has 0 bridgehead atoms. The number of furan rings is 1. The number of ether oxygens (including phenoxy) is 1. The first-order valence-electron chi connectivity index (χ1n) is 10.8. The van der Waals surface area contributed by atoms with Crippen LogP contribution in [0.15, 0.2) is 71.4 Å². The number of fused-ring (bicyclic) bond motifs is 1. The van der Waals surface area contributed by atoms with Crippen LogP contribution in [0.1, 0.15) is 21.9 Å². The van der Waals surface area contributed by atoms with Gasteiger partial charge < -0.3 is 14.1 Å². The van der Waals surface area contributed by atoms with Crippen LogP contribution in [0.4, 0.5) is 0 Å². The number of benzene rings is 2. The predicted molar refractivity (Wildman–Crippen MR) is 121 cm³/mol. The zero-order valence-electron chi connectivity index (χ0n) is 18.1. The van der Waals surface area contributed by atoms with Gasteiger partial charge in [-0.2, -0.15) is 5.10 Å². The third kappa shape index (κ3) is 4.38. The van der Waals surface area contributed by atoms with Crippen molar-refractivity contribution in [2.45, 2.75) is 13.2 Å². The molecule has 164 valence electrons. The van der Waals surface area contributed by atoms with Gasteiger partial charge in [0.25, 0.3) is 5.91 Å². The maximum Gasteiger partial charge on any atom is 0.289 e. The van der Waals surface area contributed by atoms with E-state index in [0.29, 0.717) is 24.6 Å². The molecule has 7 nitrogen and oxygen atoms in total. The lowest BCUT2D eigenvalue weighted by atomic mass is 10.1. The van der Waals surface area contributed by atoms with Gasteiger partial charge in [-0.05, 0) is 23.6 Å². The molecule has 0 N–H and O–H groups in total. The molecule has 32 heavy (non-hydrogen) atoms. The van der Waals surface area contributed by atoms with Crippen molar-refractivity contribution in [1.82, 2.24) is 19.6 Å². The first-order valence-corrected chi connectivity index (χ1v) is 10.8. The van der Waals surface area contributed by atoms with Crippen molar-refractivity contribution >= 4 is 16.7 Å². The number of hydrogen-bond donors (Lipinski definition) is 0. The summed E-state index contributed by atoms with van der Waals surface area (Å²) in [5.41, 5.74) is 1.19. The summed E-state index contributed by atoms with van der Waals surface area (Å²) >= 11 is 0. The normalized spacial score (nSPS) is 14.7. The van der Waals surface area contributed by atoms with Gasteiger partial charge in [-0.15, -0.1) is 0 Å². The molecule has 0 unspecified atom stereocenters. The van der Waals surface area contributed by atoms with Crippen molar-refractivity contribution in [3.05, 3.63) is 84.1 Å². The average molecular weight is 431 g/mol. The molecule has 2 aromatic heterocycles. The number of rotatable bonds is 6. The van der Waals surface area contributed by atoms with Crippen molar-refractivity contribution in [3.63, 3.8) is 0 Å². The van der Waals surface area contributed by atoms with Crippen LogP contribution in [0.2, 0.25) is 0 Å². The molecule has 1 aliphatic rings. The zero-order chi connectivity index (χ0) is 21.9. The Bertz CT molecular complexity index is 1220. The van der Waals surface area contributed by atoms with Crippen molar-refractivity contribution in [1.29, 1.82) is 0 Å². The summed E-state index contributed by atoms with van der Waals surface area (Å²) in [5, 5.41) is 6.40. The lowest BCUT2D eigenvalue weighted by Gasteiger charge is -2.34. The molecule has 3 heterocycles. The smallest absolute Gasteiger partial charge is 0.289 e. The van der Waals surface area contributed by atoms with Crippen LogP contribution >= 0.6 is 0 Å². The maximum atomic E-state index is 12.9. The summed E-state index contributed by atoms with van der Waals surface area (Å²) in [6.07, 6.45) is 3.92. The third-order valence-electron chi connectivity index (χ3n) is 5.82. The van der Waals surface area contributed by atoms with Crippen LogP contribution in [0.3, 0.4) is 0 Å². The summed E-state index contributed by atoms with van der Waals surface area (Å²) in [6, 6.07) is 17.6. The van der Waals surface area contributed by atoms with Crippen LogP contribution in [0.25, 0.3) is 10.8 Å². The van der Waals surface area contributed by atoms with E-state index in [9.17, 15) is 4.79 Å². The van der Waals surface area contributed by atoms with Gasteiger partial charge in [0.15, 0.2) is 5.76 Å². The molecule has 0 aliphatic carbocycles. The van der Waals surface area contributed by atoms with Crippen LogP contribution in [-0.4, -0.2) is 51.7 Å². The molecule has 5 rings (SSSR count). The van der Waals surface area contributed by atoms with Gasteiger partial charge in [0.1, 0.15) is 18.1 Å². The van der Waals surface area contributed by atoms with E-state index < -0.39 is 0 Å². The summed E-state index contributed by atoms with van der Waals surface area (Å²) in [7, 11) is 1.92. The van der Waals surface area contributed by atoms with Crippen molar-refractivity contribution in [3.8, 4) is 5.75 Å². The minimum Gasteiger partial charge on any atom is -0.485 e. The molecule has 1 aliphatic heterocycles. The molecular weight excluding hydrogens is 404 g/mol. The summed E-state index contributed by atoms with van der Waals surface area (Å²) in [5.74, 6) is 1.73. The molecule has 0 atom stereocenters. The number of nitrogens with zero attached hydrogens (tertiary/aromatic N) is 4. The maximum absolute atomic E-state index is 12.9. The van der Waals surface area contributed by atoms with Crippen molar-refractivity contribution < 1.29 is 13.9 Å². The Morgan fingerprint density at radius 3 is 2.66 bits per heavy atom. The SMILES string of the molecule is Cn1cc(CN2CCN(C(=O)c3ccc(COc4cccc5ccccc45)o3)CC2)cn1. The fourth-order valence-electron chi connectivity index (χ4n) is 4.12. The van der Waals surface area contributed by atoms with Gasteiger partial charge in [0.05, 0.1) is 6.20 Å². The van der Waals surface area contributed by atoms with E-state index in [4.69, 9.17) is 9.15 Å². The van der Waals surface area contributed by atoms with E-state index in [1.54, 1.807) is 6.07 Å². The minimum absolute atomic E-state index is 0.0672. The number of aromatic nitrogens is 2. The number of amides is 1. The highest BCUT2D eigenvalue weighted by Crippen LogP contribution is 2.26. The van der Waals surface area contributed by atoms with Gasteiger partial charge in [-0.1, -0.05) is 36.4 Å². The second-order valence-corrected chi connectivity index (χ2v) is 8.12. The monoisotopic (exact) mass is 430 g/mol. The number of hydrogen-bond acceptors (Lipinski definition) is 5. The molecule has 7 heteroatoms. The van der Waals surface area contributed by atoms with E-state index in [1.807, 2.05) is 65.4 Å². The van der Waals surface area contributed by atoms with E-state index >= 15 is 0 Å². The highest BCUT2D eigenvalue weighted by atomic mass is 16.5. The number of piperazine rings is 1. The Morgan fingerprint density at radius 2 is 1.84 bits per heavy atom. The molecule has 0 radical (unpaired) electrons. The van der Waals surface area contributed by atoms with Gasteiger partial charge in [0, 0.05) is 56.9 Å². The predicted octanol–water partition coefficient (Wildman–Crippen LogP) is 3.70. The van der Waals surface area contributed by atoms with Gasteiger partial charge in [0.2, 0.25) is 0 Å². The summed E-state index contributed by atoms with van der Waals surface area (Å²) < 4.78 is 13.6. The summed E-state index contributed by atoms with van der Waals surface area (Å²) in [6.45, 7) is 4.16. The van der Waals surface area contributed by atoms with Gasteiger partial charge >= 0.3 is 0 Å². The standard InChI is InChI=1S/C25H26N4O3/c1-27-16-19(15-26-27)17-28-11-13-29(14-12-28)25(30)24-10-9-21(32-24)18-31-23-8-4-6-20-5-2-3-7-22(20)23/h2-10,15-16H,11-14,17-18H2,1H3. The minimum atomic E-state index is -0.0672. The van der Waals surface area contributed by atoms with Crippen LogP contribution in [0, 0.1) is 0 Å². The molecular formula is C25H26N4O3. The summed E-state index contributed by atoms with van der Waals surface area (Å²) in [4.78, 5) is 17.1. The van der Waals surface area contributed by atoms with Crippen LogP contribution in [0.5, 0.6) is 5.75 Å². The lowest BCUT2D eigenvalue weighted by molar-refractivity contribution is 0.0594. The van der Waals surface area contributed by atoms with Gasteiger partial charge in [-0.25, -0.2) is 0 Å². The highest BCUT2D eigenvalue weighted by Gasteiger charge is 2.24. The van der Waals surface area contributed by atoms with Crippen LogP contribution < -0.4 is 4.74 Å². The number of carbonyl (C=O) groups excluding carboxylic acids is 1. The van der Waals surface area contributed by atoms with Crippen LogP contribution in [-0.2, 0) is 20.2 Å². The zero-order valence-corrected chi connectivity index (χ0v) is 18.1. The van der Waals surface area contributed by atoms with Gasteiger partial charge in [-0.3, -0.25) is 14.4 Å². The van der Waals surface area contributed by atoms with E-state index in [0.717, 1.165) is 36.2 Å². The molecule has 2 aromatic carbocycles. The second kappa shape index (κ2) is 8.88. The topological polar surface area (TPSA) is 63.7 Å². The molecule has 0 saturated carbocycles. The first kappa shape index (κ1) is 20.3. The Morgan fingerprint density at radius 1 is 1.03 bits per heavy atom. The number of aryl methyl sites for hydroxylation is 1. The van der Waals surface area contributed by atoms with E-state index in [-0.39, 0.29) is 12.5 Å². The Labute approximate surface area is 186 Å². The third-order valence-corrected chi connectivity index (χ3v) is 5.82. The lowest BCUT2D eigenvalue weighted by Crippen LogP contribution is -2.48. The molecule has 1 fully saturated rings. The molecule has 1 saturated heterocycles. The Hall–Kier alpha value is -3.58. The largest absolute Gasteiger partial charge is 0.485 e. The molecule has 1 amide bonds. The second-order valence-electron chi connectivity index (χ2n) is 8.12. The Kier molecular flexibility index (Phi) is 5.64. The highest BCUT2D eigenvalue weighted by molar-refractivity contribution is 5.91. The number of carbonyl (C=O) groups is 1.